The summed E-state index contributed by atoms with van der Waals surface area (Å²) < 4.78 is 7.59. The number of ether oxygens (including phenoxy) is 1. The van der Waals surface area contributed by atoms with Crippen molar-refractivity contribution in [2.24, 2.45) is 12.0 Å². The molecule has 2 aliphatic heterocycles. The summed E-state index contributed by atoms with van der Waals surface area (Å²) in [5, 5.41) is 9.90. The van der Waals surface area contributed by atoms with E-state index in [1.807, 2.05) is 19.4 Å². The number of rotatable bonds is 4. The quantitative estimate of drug-likeness (QED) is 0.263. The van der Waals surface area contributed by atoms with Gasteiger partial charge in [-0.25, -0.2) is 4.79 Å². The summed E-state index contributed by atoms with van der Waals surface area (Å²) in [5.74, 6) is 0.522. The Morgan fingerprint density at radius 3 is 2.92 bits per heavy atom. The highest BCUT2D eigenvalue weighted by atomic mass is 127. The Labute approximate surface area is 169 Å². The average Bonchev–Trinajstić information content (AvgIpc) is 3.19. The number of aryl methyl sites for hydroxylation is 1. The zero-order valence-corrected chi connectivity index (χ0v) is 17.2. The van der Waals surface area contributed by atoms with Crippen molar-refractivity contribution in [2.45, 2.75) is 6.10 Å². The average molecular weight is 477 g/mol. The van der Waals surface area contributed by atoms with Crippen LogP contribution in [0.25, 0.3) is 0 Å². The predicted molar refractivity (Wildman–Crippen MR) is 105 cm³/mol. The number of carbonyl (C=O) groups excluding carboxylic acids is 2. The van der Waals surface area contributed by atoms with Gasteiger partial charge >= 0.3 is 6.03 Å². The Hall–Kier alpha value is -1.89. The molecule has 0 spiro atoms. The van der Waals surface area contributed by atoms with Crippen LogP contribution >= 0.6 is 24.0 Å². The second-order valence-electron chi connectivity index (χ2n) is 5.93. The van der Waals surface area contributed by atoms with Gasteiger partial charge in [-0.2, -0.15) is 5.10 Å². The molecule has 0 radical (unpaired) electrons. The number of nitrogens with one attached hydrogen (secondary N) is 2. The van der Waals surface area contributed by atoms with Gasteiger partial charge in [-0.3, -0.25) is 19.4 Å². The van der Waals surface area contributed by atoms with Crippen molar-refractivity contribution in [3.05, 3.63) is 18.0 Å². The topological polar surface area (TPSA) is 104 Å². The highest BCUT2D eigenvalue weighted by Crippen LogP contribution is 2.21. The first-order valence-corrected chi connectivity index (χ1v) is 8.22. The van der Waals surface area contributed by atoms with Crippen LogP contribution in [0.5, 0.6) is 0 Å². The van der Waals surface area contributed by atoms with Crippen LogP contribution in [-0.4, -0.2) is 83.9 Å². The van der Waals surface area contributed by atoms with Crippen molar-refractivity contribution < 1.29 is 14.3 Å². The molecule has 0 bridgehead atoms. The molecule has 11 heteroatoms. The molecule has 1 aromatic rings. The number of halogens is 1. The van der Waals surface area contributed by atoms with Crippen LogP contribution in [0.15, 0.2) is 17.4 Å². The molecule has 144 valence electrons. The summed E-state index contributed by atoms with van der Waals surface area (Å²) in [6, 6.07) is -0.343. The molecule has 26 heavy (non-hydrogen) atoms. The van der Waals surface area contributed by atoms with E-state index in [4.69, 9.17) is 4.74 Å². The Morgan fingerprint density at radius 1 is 1.50 bits per heavy atom. The molecule has 2 saturated heterocycles. The summed E-state index contributed by atoms with van der Waals surface area (Å²) in [4.78, 5) is 30.7. The smallest absolute Gasteiger partial charge is 0.324 e. The Bertz CT molecular complexity index is 662. The fourth-order valence-electron chi connectivity index (χ4n) is 2.94. The Kier molecular flexibility index (Phi) is 7.20. The maximum Gasteiger partial charge on any atom is 0.324 e. The number of nitrogens with zero attached hydrogens (tertiary/aromatic N) is 5. The number of hydrogen-bond donors (Lipinski definition) is 2. The molecule has 2 fully saturated rings. The number of hydrogen-bond acceptors (Lipinski definition) is 5. The highest BCUT2D eigenvalue weighted by Gasteiger charge is 2.28. The van der Waals surface area contributed by atoms with E-state index in [1.54, 1.807) is 11.7 Å². The zero-order valence-electron chi connectivity index (χ0n) is 14.8. The van der Waals surface area contributed by atoms with Gasteiger partial charge in [0.2, 0.25) is 5.91 Å². The molecule has 0 saturated carbocycles. The van der Waals surface area contributed by atoms with Crippen LogP contribution in [0.4, 0.5) is 4.79 Å². The fourth-order valence-corrected chi connectivity index (χ4v) is 2.94. The van der Waals surface area contributed by atoms with Crippen LogP contribution < -0.4 is 10.6 Å². The number of imide groups is 1. The molecule has 3 heterocycles. The van der Waals surface area contributed by atoms with Gasteiger partial charge in [-0.05, 0) is 0 Å². The highest BCUT2D eigenvalue weighted by molar-refractivity contribution is 14.0. The predicted octanol–water partition coefficient (Wildman–Crippen LogP) is -0.461. The number of morpholine rings is 1. The van der Waals surface area contributed by atoms with E-state index in [-0.39, 0.29) is 48.6 Å². The number of guanidine groups is 1. The third kappa shape index (κ3) is 4.63. The van der Waals surface area contributed by atoms with Crippen LogP contribution in [0.3, 0.4) is 0 Å². The van der Waals surface area contributed by atoms with Gasteiger partial charge in [0, 0.05) is 45.5 Å². The second kappa shape index (κ2) is 9.16. The largest absolute Gasteiger partial charge is 0.370 e. The van der Waals surface area contributed by atoms with Gasteiger partial charge in [0.1, 0.15) is 6.10 Å². The Balaban J connectivity index is 0.00000243. The van der Waals surface area contributed by atoms with Gasteiger partial charge in [0.05, 0.1) is 25.9 Å². The van der Waals surface area contributed by atoms with E-state index in [0.29, 0.717) is 26.2 Å². The normalized spacial score (nSPS) is 20.8. The van der Waals surface area contributed by atoms with E-state index in [0.717, 1.165) is 18.1 Å². The number of urea groups is 1. The van der Waals surface area contributed by atoms with Crippen molar-refractivity contribution in [3.8, 4) is 0 Å². The number of aliphatic imine (C=N–C) groups is 1. The van der Waals surface area contributed by atoms with Crippen molar-refractivity contribution in [1.29, 1.82) is 0 Å². The third-order valence-electron chi connectivity index (χ3n) is 4.23. The molecule has 3 amide bonds. The maximum absolute atomic E-state index is 11.6. The van der Waals surface area contributed by atoms with Crippen LogP contribution in [0, 0.1) is 0 Å². The van der Waals surface area contributed by atoms with Crippen molar-refractivity contribution in [2.75, 3.05) is 46.4 Å². The summed E-state index contributed by atoms with van der Waals surface area (Å²) in [7, 11) is 3.59. The summed E-state index contributed by atoms with van der Waals surface area (Å²) in [5.41, 5.74) is 1.03. The molecule has 1 aromatic heterocycles. The lowest BCUT2D eigenvalue weighted by molar-refractivity contribution is -0.124. The number of amides is 3. The first-order chi connectivity index (χ1) is 12.1. The Morgan fingerprint density at radius 2 is 2.31 bits per heavy atom. The lowest BCUT2D eigenvalue weighted by atomic mass is 10.1. The molecule has 10 nitrogen and oxygen atoms in total. The first-order valence-electron chi connectivity index (χ1n) is 8.22. The van der Waals surface area contributed by atoms with Crippen molar-refractivity contribution >= 4 is 41.9 Å². The molecule has 1 unspecified atom stereocenters. The first kappa shape index (κ1) is 20.4. The van der Waals surface area contributed by atoms with Gasteiger partial charge in [-0.15, -0.1) is 24.0 Å². The molecular formula is C15H24IN7O3. The molecule has 1 atom stereocenters. The van der Waals surface area contributed by atoms with Crippen LogP contribution in [0.1, 0.15) is 11.7 Å². The van der Waals surface area contributed by atoms with Crippen LogP contribution in [-0.2, 0) is 16.6 Å². The van der Waals surface area contributed by atoms with E-state index >= 15 is 0 Å². The standard InChI is InChI=1S/C15H23N7O3.HI/c1-16-14(17-3-4-22-13(23)8-18-15(22)24)21-5-6-25-12(10-21)11-7-19-20(2)9-11;/h7,9,12H,3-6,8,10H2,1-2H3,(H,16,17)(H,18,24);1H. The maximum atomic E-state index is 11.6. The lowest BCUT2D eigenvalue weighted by Gasteiger charge is -2.34. The molecule has 2 aliphatic rings. The summed E-state index contributed by atoms with van der Waals surface area (Å²) in [6.07, 6.45) is 3.69. The second-order valence-corrected chi connectivity index (χ2v) is 5.93. The minimum absolute atomic E-state index is 0. The minimum Gasteiger partial charge on any atom is -0.370 e. The third-order valence-corrected chi connectivity index (χ3v) is 4.23. The van der Waals surface area contributed by atoms with E-state index < -0.39 is 0 Å². The van der Waals surface area contributed by atoms with Crippen molar-refractivity contribution in [1.82, 2.24) is 30.2 Å². The molecule has 2 N–H and O–H groups in total. The van der Waals surface area contributed by atoms with Gasteiger partial charge in [0.25, 0.3) is 0 Å². The van der Waals surface area contributed by atoms with Gasteiger partial charge in [-0.1, -0.05) is 0 Å². The van der Waals surface area contributed by atoms with Gasteiger partial charge < -0.3 is 20.3 Å². The van der Waals surface area contributed by atoms with Crippen LogP contribution in [0.2, 0.25) is 0 Å². The number of aromatic nitrogens is 2. The van der Waals surface area contributed by atoms with Gasteiger partial charge in [0.15, 0.2) is 5.96 Å². The molecule has 0 aromatic carbocycles. The fraction of sp³-hybridized carbons (Fsp3) is 0.600. The summed E-state index contributed by atoms with van der Waals surface area (Å²) in [6.45, 7) is 2.80. The molecular weight excluding hydrogens is 453 g/mol. The van der Waals surface area contributed by atoms with E-state index in [2.05, 4.69) is 25.6 Å². The minimum atomic E-state index is -0.343. The molecule has 3 rings (SSSR count). The number of carbonyl (C=O) groups is 2. The lowest BCUT2D eigenvalue weighted by Crippen LogP contribution is -2.49. The summed E-state index contributed by atoms with van der Waals surface area (Å²) >= 11 is 0. The monoisotopic (exact) mass is 477 g/mol. The van der Waals surface area contributed by atoms with E-state index in [1.165, 1.54) is 4.90 Å². The SMILES string of the molecule is CN=C(NCCN1C(=O)CNC1=O)N1CCOC(c2cnn(C)c2)C1.I. The van der Waals surface area contributed by atoms with Crippen molar-refractivity contribution in [3.63, 3.8) is 0 Å². The van der Waals surface area contributed by atoms with E-state index in [9.17, 15) is 9.59 Å². The zero-order chi connectivity index (χ0) is 17.8. The molecule has 0 aliphatic carbocycles.